The van der Waals surface area contributed by atoms with Crippen molar-refractivity contribution in [2.24, 2.45) is 0 Å². The quantitative estimate of drug-likeness (QED) is 0.554. The number of ether oxygens (including phenoxy) is 1. The van der Waals surface area contributed by atoms with E-state index < -0.39 is 0 Å². The van der Waals surface area contributed by atoms with Crippen LogP contribution in [-0.2, 0) is 4.79 Å². The topological polar surface area (TPSA) is 32.8 Å². The van der Waals surface area contributed by atoms with Gasteiger partial charge in [0.2, 0.25) is 0 Å². The van der Waals surface area contributed by atoms with E-state index in [2.05, 4.69) is 15.9 Å². The number of amides is 1. The van der Waals surface area contributed by atoms with E-state index in [9.17, 15) is 4.79 Å². The average molecular weight is 409 g/mol. The molecule has 24 heavy (non-hydrogen) atoms. The van der Waals surface area contributed by atoms with Crippen molar-refractivity contribution < 1.29 is 9.53 Å². The number of nitrogens with zero attached hydrogens (tertiary/aromatic N) is 2. The fraction of sp³-hybridized carbons (Fsp3) is 0.444. The molecule has 1 aliphatic heterocycles. The Bertz CT molecular complexity index is 698. The van der Waals surface area contributed by atoms with Crippen LogP contribution >= 0.6 is 28.1 Å². The Morgan fingerprint density at radius 3 is 2.62 bits per heavy atom. The van der Waals surface area contributed by atoms with Gasteiger partial charge in [-0.2, -0.15) is 0 Å². The molecular weight excluding hydrogens is 388 g/mol. The van der Waals surface area contributed by atoms with Gasteiger partial charge in [0.05, 0.1) is 11.6 Å². The zero-order chi connectivity index (χ0) is 17.3. The van der Waals surface area contributed by atoms with Crippen LogP contribution in [0.2, 0.25) is 0 Å². The molecule has 1 amide bonds. The Morgan fingerprint density at radius 1 is 1.29 bits per heavy atom. The average Bonchev–Trinajstić information content (AvgIpc) is 2.79. The van der Waals surface area contributed by atoms with Crippen molar-refractivity contribution in [3.05, 3.63) is 33.9 Å². The molecule has 1 aliphatic carbocycles. The van der Waals surface area contributed by atoms with Crippen molar-refractivity contribution in [3.8, 4) is 5.75 Å². The molecule has 3 rings (SSSR count). The minimum Gasteiger partial charge on any atom is -0.496 e. The molecule has 4 nitrogen and oxygen atoms in total. The van der Waals surface area contributed by atoms with Crippen LogP contribution in [0, 0.1) is 0 Å². The van der Waals surface area contributed by atoms with Gasteiger partial charge >= 0.3 is 0 Å². The summed E-state index contributed by atoms with van der Waals surface area (Å²) < 4.78 is 6.11. The number of carbonyl (C=O) groups excluding carboxylic acids is 1. The summed E-state index contributed by atoms with van der Waals surface area (Å²) in [5, 5.41) is 0.616. The lowest BCUT2D eigenvalue weighted by Gasteiger charge is -2.30. The third-order valence-corrected chi connectivity index (χ3v) is 5.80. The molecular formula is C18H21BrN2O2S. The molecule has 0 N–H and O–H groups in total. The van der Waals surface area contributed by atoms with Crippen LogP contribution in [0.15, 0.2) is 28.4 Å². The molecule has 2 fully saturated rings. The van der Waals surface area contributed by atoms with Gasteiger partial charge in [0.25, 0.3) is 5.91 Å². The molecule has 0 spiro atoms. The first-order valence-corrected chi connectivity index (χ1v) is 9.39. The number of thiocarbonyl (C=S) groups is 1. The van der Waals surface area contributed by atoms with E-state index >= 15 is 0 Å². The van der Waals surface area contributed by atoms with Crippen LogP contribution in [0.25, 0.3) is 6.08 Å². The summed E-state index contributed by atoms with van der Waals surface area (Å²) in [5.74, 6) is 0.781. The summed E-state index contributed by atoms with van der Waals surface area (Å²) in [7, 11) is 3.50. The van der Waals surface area contributed by atoms with Gasteiger partial charge < -0.3 is 9.64 Å². The normalized spacial score (nSPS) is 21.0. The highest BCUT2D eigenvalue weighted by Crippen LogP contribution is 2.32. The zero-order valence-corrected chi connectivity index (χ0v) is 16.3. The second-order valence-electron chi connectivity index (χ2n) is 6.23. The summed E-state index contributed by atoms with van der Waals surface area (Å²) in [6.45, 7) is 0. The maximum atomic E-state index is 12.9. The minimum atomic E-state index is 0.0151. The molecule has 1 heterocycles. The smallest absolute Gasteiger partial charge is 0.277 e. The van der Waals surface area contributed by atoms with Crippen molar-refractivity contribution in [2.45, 2.75) is 38.1 Å². The molecule has 0 aromatic heterocycles. The van der Waals surface area contributed by atoms with E-state index in [4.69, 9.17) is 17.0 Å². The minimum absolute atomic E-state index is 0.0151. The van der Waals surface area contributed by atoms with Gasteiger partial charge in [0.15, 0.2) is 5.11 Å². The first kappa shape index (κ1) is 17.4. The number of hydrogen-bond acceptors (Lipinski definition) is 3. The van der Waals surface area contributed by atoms with Gasteiger partial charge in [0.1, 0.15) is 11.4 Å². The maximum absolute atomic E-state index is 12.9. The summed E-state index contributed by atoms with van der Waals surface area (Å²) in [5.41, 5.74) is 1.56. The number of benzene rings is 1. The second-order valence-corrected chi connectivity index (χ2v) is 7.45. The van der Waals surface area contributed by atoms with E-state index in [1.165, 1.54) is 19.3 Å². The second kappa shape index (κ2) is 7.23. The largest absolute Gasteiger partial charge is 0.496 e. The zero-order valence-electron chi connectivity index (χ0n) is 13.9. The molecule has 0 atom stereocenters. The van der Waals surface area contributed by atoms with Gasteiger partial charge in [-0.1, -0.05) is 25.3 Å². The van der Waals surface area contributed by atoms with Gasteiger partial charge in [-0.25, -0.2) is 0 Å². The molecule has 0 unspecified atom stereocenters. The molecule has 1 saturated carbocycles. The predicted octanol–water partition coefficient (Wildman–Crippen LogP) is 4.19. The molecule has 1 aromatic rings. The number of halogens is 1. The fourth-order valence-electron chi connectivity index (χ4n) is 3.37. The van der Waals surface area contributed by atoms with E-state index in [-0.39, 0.29) is 11.9 Å². The Hall–Kier alpha value is -1.40. The number of methoxy groups -OCH3 is 1. The molecule has 1 aromatic carbocycles. The standard InChI is InChI=1S/C18H21BrN2O2S/c1-20-15(11-12-8-9-16(23-2)14(19)10-12)17(22)21(18(20)24)13-6-4-3-5-7-13/h8-11,13H,3-7H2,1-2H3/b15-11-. The fourth-order valence-corrected chi connectivity index (χ4v) is 4.26. The Morgan fingerprint density at radius 2 is 2.00 bits per heavy atom. The highest BCUT2D eigenvalue weighted by Gasteiger charge is 2.40. The lowest BCUT2D eigenvalue weighted by molar-refractivity contribution is -0.124. The number of rotatable bonds is 3. The summed E-state index contributed by atoms with van der Waals surface area (Å²) >= 11 is 9.02. The van der Waals surface area contributed by atoms with Gasteiger partial charge in [-0.15, -0.1) is 0 Å². The van der Waals surface area contributed by atoms with Gasteiger partial charge in [0, 0.05) is 13.1 Å². The Balaban J connectivity index is 1.89. The van der Waals surface area contributed by atoms with E-state index in [0.29, 0.717) is 10.8 Å². The number of carbonyl (C=O) groups is 1. The van der Waals surface area contributed by atoms with E-state index in [1.54, 1.807) is 7.11 Å². The van der Waals surface area contributed by atoms with E-state index in [1.807, 2.05) is 41.1 Å². The van der Waals surface area contributed by atoms with Crippen molar-refractivity contribution in [1.82, 2.24) is 9.80 Å². The lowest BCUT2D eigenvalue weighted by atomic mass is 9.94. The molecule has 0 radical (unpaired) electrons. The van der Waals surface area contributed by atoms with Crippen LogP contribution in [-0.4, -0.2) is 41.0 Å². The van der Waals surface area contributed by atoms with Crippen LogP contribution in [0.1, 0.15) is 37.7 Å². The number of likely N-dealkylation sites (N-methyl/N-ethyl adjacent to an activating group) is 1. The lowest BCUT2D eigenvalue weighted by Crippen LogP contribution is -2.41. The van der Waals surface area contributed by atoms with Crippen LogP contribution in [0.5, 0.6) is 5.75 Å². The molecule has 1 saturated heterocycles. The monoisotopic (exact) mass is 408 g/mol. The Labute approximate surface area is 156 Å². The third-order valence-electron chi connectivity index (χ3n) is 4.71. The summed E-state index contributed by atoms with van der Waals surface area (Å²) in [4.78, 5) is 16.6. The predicted molar refractivity (Wildman–Crippen MR) is 103 cm³/mol. The molecule has 6 heteroatoms. The highest BCUT2D eigenvalue weighted by molar-refractivity contribution is 9.10. The van der Waals surface area contributed by atoms with Crippen molar-refractivity contribution in [2.75, 3.05) is 14.2 Å². The SMILES string of the molecule is COc1ccc(/C=C2/C(=O)N(C3CCCCC3)C(=S)N2C)cc1Br. The summed E-state index contributed by atoms with van der Waals surface area (Å²) in [6.07, 6.45) is 7.57. The van der Waals surface area contributed by atoms with Crippen molar-refractivity contribution in [1.29, 1.82) is 0 Å². The van der Waals surface area contributed by atoms with Gasteiger partial charge in [-0.3, -0.25) is 9.69 Å². The molecule has 128 valence electrons. The maximum Gasteiger partial charge on any atom is 0.277 e. The van der Waals surface area contributed by atoms with Crippen LogP contribution in [0.3, 0.4) is 0 Å². The number of hydrogen-bond donors (Lipinski definition) is 0. The van der Waals surface area contributed by atoms with Gasteiger partial charge in [-0.05, 0) is 64.8 Å². The third kappa shape index (κ3) is 3.22. The van der Waals surface area contributed by atoms with E-state index in [0.717, 1.165) is 28.6 Å². The first-order chi connectivity index (χ1) is 11.5. The van der Waals surface area contributed by atoms with Crippen LogP contribution < -0.4 is 4.74 Å². The van der Waals surface area contributed by atoms with Crippen molar-refractivity contribution in [3.63, 3.8) is 0 Å². The first-order valence-electron chi connectivity index (χ1n) is 8.19. The van der Waals surface area contributed by atoms with Crippen LogP contribution in [0.4, 0.5) is 0 Å². The molecule has 2 aliphatic rings. The highest BCUT2D eigenvalue weighted by atomic mass is 79.9. The Kier molecular flexibility index (Phi) is 5.25. The summed E-state index contributed by atoms with van der Waals surface area (Å²) in [6, 6.07) is 6.01. The van der Waals surface area contributed by atoms with Crippen molar-refractivity contribution >= 4 is 45.2 Å². The molecule has 0 bridgehead atoms.